The largest absolute Gasteiger partial charge is 0.356 e. The van der Waals surface area contributed by atoms with Crippen molar-refractivity contribution in [2.24, 2.45) is 12.5 Å². The summed E-state index contributed by atoms with van der Waals surface area (Å²) in [5.74, 6) is 0.270. The van der Waals surface area contributed by atoms with Gasteiger partial charge < -0.3 is 10.2 Å². The van der Waals surface area contributed by atoms with E-state index < -0.39 is 0 Å². The van der Waals surface area contributed by atoms with Gasteiger partial charge in [-0.15, -0.1) is 0 Å². The molecule has 0 atom stereocenters. The maximum atomic E-state index is 13.0. The number of carbonyl (C=O) groups excluding carboxylic acids is 2. The molecule has 0 aliphatic carbocycles. The summed E-state index contributed by atoms with van der Waals surface area (Å²) >= 11 is 0. The minimum absolute atomic E-state index is 0.104. The second-order valence-electron chi connectivity index (χ2n) is 8.27. The smallest absolute Gasteiger partial charge is 0.253 e. The molecule has 6 nitrogen and oxygen atoms in total. The maximum absolute atomic E-state index is 13.0. The van der Waals surface area contributed by atoms with Gasteiger partial charge in [0.15, 0.2) is 0 Å². The standard InChI is InChI=1S/C22H28N4O2/c1-16-19(15-25(2)24-16)17-3-5-18(6-4-17)21(28)26-13-10-22(11-14-26)8-7-20(27)23-12-9-22/h3-6,15H,7-14H2,1-2H3,(H,23,27). The van der Waals surface area contributed by atoms with Crippen LogP contribution in [-0.2, 0) is 11.8 Å². The highest BCUT2D eigenvalue weighted by atomic mass is 16.2. The van der Waals surface area contributed by atoms with Gasteiger partial charge in [-0.05, 0) is 55.7 Å². The number of likely N-dealkylation sites (tertiary alicyclic amines) is 1. The molecule has 0 radical (unpaired) electrons. The first-order valence-corrected chi connectivity index (χ1v) is 10.1. The molecule has 2 aromatic rings. The molecule has 1 N–H and O–H groups in total. The van der Waals surface area contributed by atoms with E-state index >= 15 is 0 Å². The lowest BCUT2D eigenvalue weighted by Gasteiger charge is -2.41. The number of nitrogens with one attached hydrogen (secondary N) is 1. The highest BCUT2D eigenvalue weighted by Gasteiger charge is 2.37. The molecule has 2 amide bonds. The van der Waals surface area contributed by atoms with Crippen LogP contribution in [0.5, 0.6) is 0 Å². The van der Waals surface area contributed by atoms with Gasteiger partial charge >= 0.3 is 0 Å². The average molecular weight is 380 g/mol. The molecular formula is C22H28N4O2. The van der Waals surface area contributed by atoms with Crippen LogP contribution in [-0.4, -0.2) is 46.1 Å². The monoisotopic (exact) mass is 380 g/mol. The number of aryl methyl sites for hydroxylation is 2. The van der Waals surface area contributed by atoms with E-state index in [0.717, 1.165) is 67.7 Å². The third kappa shape index (κ3) is 3.68. The van der Waals surface area contributed by atoms with Gasteiger partial charge in [0.1, 0.15) is 0 Å². The molecule has 2 aliphatic rings. The third-order valence-electron chi connectivity index (χ3n) is 6.43. The molecule has 28 heavy (non-hydrogen) atoms. The van der Waals surface area contributed by atoms with Gasteiger partial charge in [0, 0.05) is 50.4 Å². The molecule has 2 saturated heterocycles. The van der Waals surface area contributed by atoms with Gasteiger partial charge in [0.05, 0.1) is 5.69 Å². The van der Waals surface area contributed by atoms with Crippen molar-refractivity contribution in [3.8, 4) is 11.1 Å². The minimum Gasteiger partial charge on any atom is -0.356 e. The fourth-order valence-corrected chi connectivity index (χ4v) is 4.60. The van der Waals surface area contributed by atoms with Crippen molar-refractivity contribution in [2.75, 3.05) is 19.6 Å². The Balaban J connectivity index is 1.41. The van der Waals surface area contributed by atoms with Crippen LogP contribution in [0.15, 0.2) is 30.5 Å². The van der Waals surface area contributed by atoms with E-state index in [0.29, 0.717) is 6.42 Å². The summed E-state index contributed by atoms with van der Waals surface area (Å²) < 4.78 is 1.81. The fourth-order valence-electron chi connectivity index (χ4n) is 4.60. The lowest BCUT2D eigenvalue weighted by Crippen LogP contribution is -2.43. The molecule has 148 valence electrons. The molecule has 1 aromatic heterocycles. The second kappa shape index (κ2) is 7.41. The number of piperidine rings is 1. The summed E-state index contributed by atoms with van der Waals surface area (Å²) in [7, 11) is 1.91. The van der Waals surface area contributed by atoms with Crippen molar-refractivity contribution >= 4 is 11.8 Å². The molecule has 4 rings (SSSR count). The van der Waals surface area contributed by atoms with Gasteiger partial charge in [0.2, 0.25) is 5.91 Å². The van der Waals surface area contributed by atoms with Crippen LogP contribution in [0.25, 0.3) is 11.1 Å². The SMILES string of the molecule is Cc1nn(C)cc1-c1ccc(C(=O)N2CCC3(CCNC(=O)CC3)CC2)cc1. The number of hydrogen-bond donors (Lipinski definition) is 1. The summed E-state index contributed by atoms with van der Waals surface area (Å²) in [5, 5.41) is 7.36. The van der Waals surface area contributed by atoms with Crippen LogP contribution in [0, 0.1) is 12.3 Å². The third-order valence-corrected chi connectivity index (χ3v) is 6.43. The Kier molecular flexibility index (Phi) is 4.96. The predicted octanol–water partition coefficient (Wildman–Crippen LogP) is 2.92. The second-order valence-corrected chi connectivity index (χ2v) is 8.27. The van der Waals surface area contributed by atoms with Gasteiger partial charge in [-0.25, -0.2) is 0 Å². The zero-order chi connectivity index (χ0) is 19.7. The molecule has 3 heterocycles. The van der Waals surface area contributed by atoms with E-state index in [1.54, 1.807) is 0 Å². The summed E-state index contributed by atoms with van der Waals surface area (Å²) in [6.07, 6.45) is 6.56. The topological polar surface area (TPSA) is 67.2 Å². The summed E-state index contributed by atoms with van der Waals surface area (Å²) in [4.78, 5) is 26.6. The number of nitrogens with zero attached hydrogens (tertiary/aromatic N) is 3. The van der Waals surface area contributed by atoms with E-state index in [4.69, 9.17) is 0 Å². The summed E-state index contributed by atoms with van der Waals surface area (Å²) in [6, 6.07) is 7.85. The highest BCUT2D eigenvalue weighted by Crippen LogP contribution is 2.40. The molecule has 2 aliphatic heterocycles. The van der Waals surface area contributed by atoms with Crippen molar-refractivity contribution in [2.45, 2.75) is 39.0 Å². The summed E-state index contributed by atoms with van der Waals surface area (Å²) in [6.45, 7) is 4.31. The van der Waals surface area contributed by atoms with E-state index in [-0.39, 0.29) is 17.2 Å². The van der Waals surface area contributed by atoms with E-state index in [1.165, 1.54) is 0 Å². The number of amides is 2. The van der Waals surface area contributed by atoms with Gasteiger partial charge in [0.25, 0.3) is 5.91 Å². The molecule has 2 fully saturated rings. The van der Waals surface area contributed by atoms with Gasteiger partial charge in [-0.3, -0.25) is 14.3 Å². The number of carbonyl (C=O) groups is 2. The molecule has 0 unspecified atom stereocenters. The maximum Gasteiger partial charge on any atom is 0.253 e. The Bertz CT molecular complexity index is 876. The van der Waals surface area contributed by atoms with Crippen LogP contribution in [0.4, 0.5) is 0 Å². The first-order valence-electron chi connectivity index (χ1n) is 10.1. The molecule has 0 bridgehead atoms. The van der Waals surface area contributed by atoms with E-state index in [1.807, 2.05) is 54.0 Å². The van der Waals surface area contributed by atoms with Crippen molar-refractivity contribution in [1.82, 2.24) is 20.0 Å². The zero-order valence-corrected chi connectivity index (χ0v) is 16.7. The Hall–Kier alpha value is -2.63. The number of hydrogen-bond acceptors (Lipinski definition) is 3. The van der Waals surface area contributed by atoms with Crippen LogP contribution in [0.2, 0.25) is 0 Å². The Morgan fingerprint density at radius 2 is 1.82 bits per heavy atom. The van der Waals surface area contributed by atoms with E-state index in [9.17, 15) is 9.59 Å². The Labute approximate surface area is 165 Å². The number of benzene rings is 1. The van der Waals surface area contributed by atoms with Gasteiger partial charge in [-0.1, -0.05) is 12.1 Å². The van der Waals surface area contributed by atoms with Crippen LogP contribution >= 0.6 is 0 Å². The molecule has 0 saturated carbocycles. The lowest BCUT2D eigenvalue weighted by atomic mass is 9.73. The summed E-state index contributed by atoms with van der Waals surface area (Å²) in [5.41, 5.74) is 4.11. The molecule has 1 aromatic carbocycles. The van der Waals surface area contributed by atoms with E-state index in [2.05, 4.69) is 10.4 Å². The van der Waals surface area contributed by atoms with Crippen LogP contribution in [0.1, 0.15) is 48.2 Å². The van der Waals surface area contributed by atoms with Crippen molar-refractivity contribution in [1.29, 1.82) is 0 Å². The lowest BCUT2D eigenvalue weighted by molar-refractivity contribution is -0.121. The van der Waals surface area contributed by atoms with Crippen molar-refractivity contribution in [3.63, 3.8) is 0 Å². The quantitative estimate of drug-likeness (QED) is 0.871. The molecule has 1 spiro atoms. The zero-order valence-electron chi connectivity index (χ0n) is 16.7. The number of rotatable bonds is 2. The highest BCUT2D eigenvalue weighted by molar-refractivity contribution is 5.94. The first kappa shape index (κ1) is 18.7. The Morgan fingerprint density at radius 3 is 2.46 bits per heavy atom. The normalized spacial score (nSPS) is 19.4. The Morgan fingerprint density at radius 1 is 1.11 bits per heavy atom. The van der Waals surface area contributed by atoms with Gasteiger partial charge in [-0.2, -0.15) is 5.10 Å². The number of aromatic nitrogens is 2. The fraction of sp³-hybridized carbons (Fsp3) is 0.500. The van der Waals surface area contributed by atoms with Crippen molar-refractivity contribution < 1.29 is 9.59 Å². The minimum atomic E-state index is 0.104. The van der Waals surface area contributed by atoms with Crippen LogP contribution < -0.4 is 5.32 Å². The molecule has 6 heteroatoms. The average Bonchev–Trinajstić information content (AvgIpc) is 2.94. The van der Waals surface area contributed by atoms with Crippen molar-refractivity contribution in [3.05, 3.63) is 41.7 Å². The molecular weight excluding hydrogens is 352 g/mol. The van der Waals surface area contributed by atoms with Crippen LogP contribution in [0.3, 0.4) is 0 Å². The predicted molar refractivity (Wildman–Crippen MR) is 108 cm³/mol. The first-order chi connectivity index (χ1) is 13.5.